The lowest BCUT2D eigenvalue weighted by Gasteiger charge is -2.10. The molecule has 0 aliphatic carbocycles. The van der Waals surface area contributed by atoms with E-state index in [4.69, 9.17) is 14.4 Å². The van der Waals surface area contributed by atoms with Crippen molar-refractivity contribution in [2.75, 3.05) is 0 Å². The molecule has 12 rings (SSSR count). The highest BCUT2D eigenvalue weighted by Gasteiger charge is 2.27. The van der Waals surface area contributed by atoms with Gasteiger partial charge in [-0.1, -0.05) is 109 Å². The van der Waals surface area contributed by atoms with Crippen LogP contribution in [0.15, 0.2) is 150 Å². The summed E-state index contributed by atoms with van der Waals surface area (Å²) in [5.74, 6) is 0.622. The van der Waals surface area contributed by atoms with Crippen LogP contribution >= 0.6 is 0 Å². The molecule has 0 radical (unpaired) electrons. The Bertz CT molecular complexity index is 3330. The topological polar surface area (TPSA) is 48.3 Å². The second-order valence-electron chi connectivity index (χ2n) is 12.9. The smallest absolute Gasteiger partial charge is 0.236 e. The Morgan fingerprint density at radius 2 is 1.18 bits per heavy atom. The molecule has 0 bridgehead atoms. The fourth-order valence-electron chi connectivity index (χ4n) is 8.45. The van der Waals surface area contributed by atoms with Gasteiger partial charge in [0.05, 0.1) is 27.6 Å². The molecule has 0 aliphatic heterocycles. The van der Waals surface area contributed by atoms with Crippen LogP contribution < -0.4 is 0 Å². The minimum Gasteiger partial charge on any atom is -0.452 e. The minimum atomic E-state index is 0.622. The molecule has 7 aromatic carbocycles. The normalized spacial score (nSPS) is 12.5. The van der Waals surface area contributed by atoms with E-state index in [0.29, 0.717) is 11.5 Å². The Morgan fingerprint density at radius 3 is 2.06 bits per heavy atom. The summed E-state index contributed by atoms with van der Waals surface area (Å²) in [4.78, 5) is 10.7. The fourth-order valence-corrected chi connectivity index (χ4v) is 8.45. The predicted octanol–water partition coefficient (Wildman–Crippen LogP) is 11.4. The highest BCUT2D eigenvalue weighted by molar-refractivity contribution is 6.36. The van der Waals surface area contributed by atoms with Gasteiger partial charge in [0, 0.05) is 43.3 Å². The molecule has 5 heteroatoms. The van der Waals surface area contributed by atoms with Crippen molar-refractivity contribution >= 4 is 92.7 Å². The Balaban J connectivity index is 1.34. The van der Waals surface area contributed by atoms with Gasteiger partial charge in [0.1, 0.15) is 16.8 Å². The number of hydrogen-bond donors (Lipinski definition) is 0. The minimum absolute atomic E-state index is 0.622. The molecule has 0 atom stereocenters. The Kier molecular flexibility index (Phi) is 4.66. The van der Waals surface area contributed by atoms with Gasteiger partial charge in [-0.25, -0.2) is 9.97 Å². The summed E-state index contributed by atoms with van der Waals surface area (Å²) in [6.07, 6.45) is 0. The zero-order valence-corrected chi connectivity index (χ0v) is 26.1. The molecule has 49 heavy (non-hydrogen) atoms. The van der Waals surface area contributed by atoms with Gasteiger partial charge in [0.25, 0.3) is 0 Å². The molecular formula is C44H24N4O. The van der Waals surface area contributed by atoms with Gasteiger partial charge in [0.15, 0.2) is 5.58 Å². The van der Waals surface area contributed by atoms with Gasteiger partial charge in [-0.3, -0.25) is 4.57 Å². The van der Waals surface area contributed by atoms with E-state index in [1.165, 1.54) is 59.6 Å². The van der Waals surface area contributed by atoms with Crippen molar-refractivity contribution in [2.45, 2.75) is 0 Å². The van der Waals surface area contributed by atoms with Crippen LogP contribution in [0, 0.1) is 0 Å². The maximum Gasteiger partial charge on any atom is 0.236 e. The number of nitrogens with zero attached hydrogens (tertiary/aromatic N) is 4. The maximum atomic E-state index is 6.47. The average Bonchev–Trinajstić information content (AvgIpc) is 3.90. The lowest BCUT2D eigenvalue weighted by Crippen LogP contribution is -2.03. The van der Waals surface area contributed by atoms with Crippen LogP contribution in [0.4, 0.5) is 0 Å². The standard InChI is InChI=1S/C44H24N4O/c1-2-13-26(14-3-1)39-43-40(30-18-8-11-21-36(30)49-43)46-44(45-39)48-33-19-9-6-16-28(33)31-24-32-37-27-15-5-4-12-25(27)22-23-35(37)47-34-20-10-7-17-29(34)38(41(31)48)42(32)47/h1-24H. The van der Waals surface area contributed by atoms with E-state index in [1.54, 1.807) is 0 Å². The van der Waals surface area contributed by atoms with Gasteiger partial charge < -0.3 is 8.82 Å². The largest absolute Gasteiger partial charge is 0.452 e. The third-order valence-corrected chi connectivity index (χ3v) is 10.4. The van der Waals surface area contributed by atoms with E-state index in [0.717, 1.165) is 38.8 Å². The summed E-state index contributed by atoms with van der Waals surface area (Å²) in [6, 6.07) is 51.6. The summed E-state index contributed by atoms with van der Waals surface area (Å²) < 4.78 is 11.2. The number of hydrogen-bond acceptors (Lipinski definition) is 3. The summed E-state index contributed by atoms with van der Waals surface area (Å²) in [5.41, 5.74) is 9.88. The van der Waals surface area contributed by atoms with E-state index >= 15 is 0 Å². The summed E-state index contributed by atoms with van der Waals surface area (Å²) >= 11 is 0. The van der Waals surface area contributed by atoms with Crippen LogP contribution in [-0.4, -0.2) is 18.9 Å². The number of aromatic nitrogens is 4. The second-order valence-corrected chi connectivity index (χ2v) is 12.9. The van der Waals surface area contributed by atoms with Gasteiger partial charge >= 0.3 is 0 Å². The molecule has 0 fully saturated rings. The van der Waals surface area contributed by atoms with E-state index in [-0.39, 0.29) is 0 Å². The Morgan fingerprint density at radius 1 is 0.469 bits per heavy atom. The van der Waals surface area contributed by atoms with Crippen LogP contribution in [0.25, 0.3) is 110 Å². The molecular weight excluding hydrogens is 601 g/mol. The van der Waals surface area contributed by atoms with Gasteiger partial charge in [-0.15, -0.1) is 0 Å². The molecule has 5 nitrogen and oxygen atoms in total. The second kappa shape index (κ2) is 9.00. The van der Waals surface area contributed by atoms with Crippen molar-refractivity contribution in [3.8, 4) is 17.2 Å². The average molecular weight is 625 g/mol. The quantitative estimate of drug-likeness (QED) is 0.192. The predicted molar refractivity (Wildman–Crippen MR) is 201 cm³/mol. The first kappa shape index (κ1) is 25.4. The van der Waals surface area contributed by atoms with Crippen molar-refractivity contribution in [1.29, 1.82) is 0 Å². The van der Waals surface area contributed by atoms with Crippen molar-refractivity contribution in [3.63, 3.8) is 0 Å². The molecule has 0 unspecified atom stereocenters. The molecule has 12 aromatic rings. The van der Waals surface area contributed by atoms with Crippen molar-refractivity contribution in [3.05, 3.63) is 146 Å². The lowest BCUT2D eigenvalue weighted by molar-refractivity contribution is 0.666. The fraction of sp³-hybridized carbons (Fsp3) is 0. The van der Waals surface area contributed by atoms with Gasteiger partial charge in [-0.05, 0) is 47.2 Å². The highest BCUT2D eigenvalue weighted by Crippen LogP contribution is 2.48. The molecule has 0 N–H and O–H groups in total. The zero-order valence-electron chi connectivity index (χ0n) is 26.1. The lowest BCUT2D eigenvalue weighted by atomic mass is 10.00. The van der Waals surface area contributed by atoms with Crippen LogP contribution in [0.1, 0.15) is 0 Å². The first-order valence-electron chi connectivity index (χ1n) is 16.6. The van der Waals surface area contributed by atoms with E-state index < -0.39 is 0 Å². The monoisotopic (exact) mass is 624 g/mol. The summed E-state index contributed by atoms with van der Waals surface area (Å²) in [6.45, 7) is 0. The Hall–Kier alpha value is -6.72. The molecule has 5 aromatic heterocycles. The number of rotatable bonds is 2. The van der Waals surface area contributed by atoms with Crippen LogP contribution in [0.3, 0.4) is 0 Å². The number of fused-ring (bicyclic) bond motifs is 15. The van der Waals surface area contributed by atoms with Crippen molar-refractivity contribution < 1.29 is 4.42 Å². The third-order valence-electron chi connectivity index (χ3n) is 10.4. The molecule has 0 spiro atoms. The summed E-state index contributed by atoms with van der Waals surface area (Å²) in [7, 11) is 0. The summed E-state index contributed by atoms with van der Waals surface area (Å²) in [5, 5.41) is 10.8. The number of benzene rings is 7. The van der Waals surface area contributed by atoms with Gasteiger partial charge in [-0.2, -0.15) is 0 Å². The van der Waals surface area contributed by atoms with Crippen LogP contribution in [0.2, 0.25) is 0 Å². The van der Waals surface area contributed by atoms with E-state index in [9.17, 15) is 0 Å². The molecule has 0 amide bonds. The highest BCUT2D eigenvalue weighted by atomic mass is 16.3. The number of furan rings is 1. The zero-order chi connectivity index (χ0) is 31.8. The molecule has 0 saturated carbocycles. The van der Waals surface area contributed by atoms with E-state index in [1.807, 2.05) is 36.4 Å². The molecule has 0 saturated heterocycles. The van der Waals surface area contributed by atoms with Crippen molar-refractivity contribution in [1.82, 2.24) is 18.9 Å². The van der Waals surface area contributed by atoms with Gasteiger partial charge in [0.2, 0.25) is 5.95 Å². The SMILES string of the molecule is c1ccc(-c2nc(-n3c4ccccc4c4cc5c6c7ccccc7ccc6n6c7ccccc7c(c43)c56)nc3c2oc2ccccc23)cc1. The molecule has 5 heterocycles. The maximum absolute atomic E-state index is 6.47. The molecule has 0 aliphatic rings. The Labute approximate surface area is 278 Å². The van der Waals surface area contributed by atoms with Crippen molar-refractivity contribution in [2.24, 2.45) is 0 Å². The molecule has 226 valence electrons. The van der Waals surface area contributed by atoms with Crippen LogP contribution in [-0.2, 0) is 0 Å². The first-order valence-corrected chi connectivity index (χ1v) is 16.6. The third kappa shape index (κ3) is 3.15. The van der Waals surface area contributed by atoms with E-state index in [2.05, 4.69) is 118 Å². The van der Waals surface area contributed by atoms with Crippen LogP contribution in [0.5, 0.6) is 0 Å². The first-order chi connectivity index (χ1) is 24.3. The number of para-hydroxylation sites is 3.